The highest BCUT2D eigenvalue weighted by molar-refractivity contribution is 5.78. The maximum atomic E-state index is 5.88. The Morgan fingerprint density at radius 1 is 1.25 bits per heavy atom. The molecule has 2 rings (SSSR count). The van der Waals surface area contributed by atoms with E-state index in [1.165, 1.54) is 38.5 Å². The highest BCUT2D eigenvalue weighted by Crippen LogP contribution is 2.19. The fourth-order valence-electron chi connectivity index (χ4n) is 2.27. The minimum Gasteiger partial charge on any atom is -0.370 e. The van der Waals surface area contributed by atoms with Crippen LogP contribution in [0.15, 0.2) is 16.6 Å². The Balaban J connectivity index is 1.71. The molecule has 0 atom stereocenters. The van der Waals surface area contributed by atoms with Crippen molar-refractivity contribution in [2.75, 3.05) is 19.6 Å². The summed E-state index contributed by atoms with van der Waals surface area (Å²) in [5, 5.41) is 0. The van der Waals surface area contributed by atoms with Crippen molar-refractivity contribution < 1.29 is 0 Å². The summed E-state index contributed by atoms with van der Waals surface area (Å²) >= 11 is 0. The Labute approximate surface area is 98.4 Å². The van der Waals surface area contributed by atoms with Gasteiger partial charge < -0.3 is 10.6 Å². The summed E-state index contributed by atoms with van der Waals surface area (Å²) in [5.41, 5.74) is 7.48. The molecule has 0 spiro atoms. The third kappa shape index (κ3) is 3.26. The lowest BCUT2D eigenvalue weighted by Gasteiger charge is -2.31. The topological polar surface area (TPSA) is 41.6 Å². The van der Waals surface area contributed by atoms with Gasteiger partial charge in [-0.15, -0.1) is 0 Å². The Kier molecular flexibility index (Phi) is 4.25. The van der Waals surface area contributed by atoms with Gasteiger partial charge in [-0.25, -0.2) is 0 Å². The van der Waals surface area contributed by atoms with Crippen LogP contribution in [0.3, 0.4) is 0 Å². The summed E-state index contributed by atoms with van der Waals surface area (Å²) in [4.78, 5) is 6.60. The standard InChI is InChI=1S/C13H23N3/c14-13(16-10-5-11-16)15-9-8-12-6-3-1-2-4-7-12/h6H,1-5,7-11H2,(H2,14,15). The molecule has 3 nitrogen and oxygen atoms in total. The number of hydrogen-bond donors (Lipinski definition) is 1. The lowest BCUT2D eigenvalue weighted by Crippen LogP contribution is -2.46. The second-order valence-corrected chi connectivity index (χ2v) is 4.79. The van der Waals surface area contributed by atoms with Gasteiger partial charge in [0.1, 0.15) is 0 Å². The van der Waals surface area contributed by atoms with Crippen LogP contribution in [0.4, 0.5) is 0 Å². The van der Waals surface area contributed by atoms with Gasteiger partial charge in [-0.2, -0.15) is 0 Å². The fourth-order valence-corrected chi connectivity index (χ4v) is 2.27. The number of nitrogens with zero attached hydrogens (tertiary/aromatic N) is 2. The quantitative estimate of drug-likeness (QED) is 0.451. The average Bonchev–Trinajstić information content (AvgIpc) is 2.43. The minimum absolute atomic E-state index is 0.750. The summed E-state index contributed by atoms with van der Waals surface area (Å²) in [5.74, 6) is 0.750. The van der Waals surface area contributed by atoms with Crippen LogP contribution in [0, 0.1) is 0 Å². The molecule has 0 saturated carbocycles. The molecule has 2 N–H and O–H groups in total. The zero-order valence-electron chi connectivity index (χ0n) is 10.1. The average molecular weight is 221 g/mol. The summed E-state index contributed by atoms with van der Waals surface area (Å²) in [6, 6.07) is 0. The molecule has 0 bridgehead atoms. The third-order valence-electron chi connectivity index (χ3n) is 3.52. The van der Waals surface area contributed by atoms with Gasteiger partial charge in [0.2, 0.25) is 0 Å². The van der Waals surface area contributed by atoms with E-state index in [4.69, 9.17) is 5.73 Å². The van der Waals surface area contributed by atoms with E-state index in [1.807, 2.05) is 0 Å². The number of guanidine groups is 1. The molecule has 0 aromatic rings. The zero-order chi connectivity index (χ0) is 11.2. The normalized spacial score (nSPS) is 22.4. The lowest BCUT2D eigenvalue weighted by molar-refractivity contribution is 0.295. The molecule has 90 valence electrons. The molecule has 1 fully saturated rings. The number of allylic oxidation sites excluding steroid dienone is 1. The van der Waals surface area contributed by atoms with Crippen molar-refractivity contribution in [3.8, 4) is 0 Å². The Morgan fingerprint density at radius 2 is 2.12 bits per heavy atom. The van der Waals surface area contributed by atoms with Crippen molar-refractivity contribution >= 4 is 5.96 Å². The molecule has 2 aliphatic rings. The number of likely N-dealkylation sites (tertiary alicyclic amines) is 1. The molecule has 3 heteroatoms. The molecule has 16 heavy (non-hydrogen) atoms. The van der Waals surface area contributed by atoms with Gasteiger partial charge >= 0.3 is 0 Å². The highest BCUT2D eigenvalue weighted by atomic mass is 15.3. The van der Waals surface area contributed by atoms with Crippen LogP contribution in [-0.4, -0.2) is 30.5 Å². The SMILES string of the molecule is NC(=NCCC1=CCCCCC1)N1CCC1. The Hall–Kier alpha value is -0.990. The van der Waals surface area contributed by atoms with Crippen LogP contribution < -0.4 is 5.73 Å². The molecule has 0 unspecified atom stereocenters. The predicted molar refractivity (Wildman–Crippen MR) is 68.5 cm³/mol. The van der Waals surface area contributed by atoms with Gasteiger partial charge in [0.25, 0.3) is 0 Å². The third-order valence-corrected chi connectivity index (χ3v) is 3.52. The maximum Gasteiger partial charge on any atom is 0.191 e. The first kappa shape index (κ1) is 11.5. The van der Waals surface area contributed by atoms with Gasteiger partial charge in [-0.05, 0) is 38.5 Å². The molecule has 0 amide bonds. The first-order chi connectivity index (χ1) is 7.86. The van der Waals surface area contributed by atoms with Crippen molar-refractivity contribution in [3.63, 3.8) is 0 Å². The van der Waals surface area contributed by atoms with E-state index in [1.54, 1.807) is 5.57 Å². The van der Waals surface area contributed by atoms with Crippen molar-refractivity contribution in [1.82, 2.24) is 4.90 Å². The van der Waals surface area contributed by atoms with Crippen LogP contribution in [0.25, 0.3) is 0 Å². The van der Waals surface area contributed by atoms with E-state index in [2.05, 4.69) is 16.0 Å². The molecule has 0 aromatic heterocycles. The first-order valence-electron chi connectivity index (χ1n) is 6.59. The fraction of sp³-hybridized carbons (Fsp3) is 0.769. The van der Waals surface area contributed by atoms with Gasteiger partial charge in [-0.1, -0.05) is 18.1 Å². The van der Waals surface area contributed by atoms with Crippen LogP contribution in [-0.2, 0) is 0 Å². The molecule has 0 radical (unpaired) electrons. The van der Waals surface area contributed by atoms with Crippen molar-refractivity contribution in [2.45, 2.75) is 44.9 Å². The first-order valence-corrected chi connectivity index (χ1v) is 6.59. The van der Waals surface area contributed by atoms with Crippen LogP contribution >= 0.6 is 0 Å². The molecule has 1 heterocycles. The predicted octanol–water partition coefficient (Wildman–Crippen LogP) is 2.29. The number of aliphatic imine (C=N–C) groups is 1. The minimum atomic E-state index is 0.750. The van der Waals surface area contributed by atoms with Crippen molar-refractivity contribution in [1.29, 1.82) is 0 Å². The monoisotopic (exact) mass is 221 g/mol. The van der Waals surface area contributed by atoms with E-state index in [-0.39, 0.29) is 0 Å². The summed E-state index contributed by atoms with van der Waals surface area (Å²) in [7, 11) is 0. The van der Waals surface area contributed by atoms with Crippen molar-refractivity contribution in [2.24, 2.45) is 10.7 Å². The van der Waals surface area contributed by atoms with Gasteiger partial charge in [0, 0.05) is 19.6 Å². The summed E-state index contributed by atoms with van der Waals surface area (Å²) in [6.45, 7) is 3.06. The Morgan fingerprint density at radius 3 is 2.88 bits per heavy atom. The zero-order valence-corrected chi connectivity index (χ0v) is 10.1. The number of nitrogens with two attached hydrogens (primary N) is 1. The molecule has 1 aliphatic heterocycles. The highest BCUT2D eigenvalue weighted by Gasteiger charge is 2.15. The molecule has 0 aromatic carbocycles. The van der Waals surface area contributed by atoms with E-state index in [0.29, 0.717) is 0 Å². The smallest absolute Gasteiger partial charge is 0.191 e. The largest absolute Gasteiger partial charge is 0.370 e. The van der Waals surface area contributed by atoms with Crippen LogP contribution in [0.2, 0.25) is 0 Å². The van der Waals surface area contributed by atoms with Crippen LogP contribution in [0.1, 0.15) is 44.9 Å². The number of hydrogen-bond acceptors (Lipinski definition) is 1. The van der Waals surface area contributed by atoms with Gasteiger partial charge in [-0.3, -0.25) is 4.99 Å². The van der Waals surface area contributed by atoms with E-state index < -0.39 is 0 Å². The van der Waals surface area contributed by atoms with Crippen LogP contribution in [0.5, 0.6) is 0 Å². The Bertz CT molecular complexity index is 277. The summed E-state index contributed by atoms with van der Waals surface area (Å²) in [6.07, 6.45) is 11.4. The molecule has 1 aliphatic carbocycles. The van der Waals surface area contributed by atoms with E-state index in [9.17, 15) is 0 Å². The summed E-state index contributed by atoms with van der Waals surface area (Å²) < 4.78 is 0. The molecule has 1 saturated heterocycles. The second-order valence-electron chi connectivity index (χ2n) is 4.79. The maximum absolute atomic E-state index is 5.88. The van der Waals surface area contributed by atoms with Gasteiger partial charge in [0.15, 0.2) is 5.96 Å². The molecular weight excluding hydrogens is 198 g/mol. The lowest BCUT2D eigenvalue weighted by atomic mass is 10.1. The van der Waals surface area contributed by atoms with E-state index >= 15 is 0 Å². The van der Waals surface area contributed by atoms with E-state index in [0.717, 1.165) is 32.0 Å². The number of rotatable bonds is 3. The van der Waals surface area contributed by atoms with Crippen molar-refractivity contribution in [3.05, 3.63) is 11.6 Å². The second kappa shape index (κ2) is 5.92. The van der Waals surface area contributed by atoms with Gasteiger partial charge in [0.05, 0.1) is 0 Å². The molecular formula is C13H23N3.